The normalized spacial score (nSPS) is 10.9. The molecule has 3 aromatic rings. The Morgan fingerprint density at radius 3 is 2.50 bits per heavy atom. The molecule has 0 unspecified atom stereocenters. The van der Waals surface area contributed by atoms with Gasteiger partial charge in [0.05, 0.1) is 11.9 Å². The number of carbonyl (C=O) groups is 1. The monoisotopic (exact) mass is 359 g/mol. The first-order valence-corrected chi connectivity index (χ1v) is 7.76. The lowest BCUT2D eigenvalue weighted by molar-refractivity contribution is -0.0505. The third kappa shape index (κ3) is 3.39. The van der Waals surface area contributed by atoms with Gasteiger partial charge in [0.15, 0.2) is 5.69 Å². The lowest BCUT2D eigenvalue weighted by Gasteiger charge is -2.13. The van der Waals surface area contributed by atoms with Gasteiger partial charge in [0, 0.05) is 18.0 Å². The molecule has 0 saturated carbocycles. The van der Waals surface area contributed by atoms with Crippen LogP contribution in [-0.2, 0) is 6.54 Å². The summed E-state index contributed by atoms with van der Waals surface area (Å²) in [5.41, 5.74) is -0.00407. The van der Waals surface area contributed by atoms with Crippen LogP contribution in [0.5, 0.6) is 5.75 Å². The van der Waals surface area contributed by atoms with Crippen molar-refractivity contribution in [3.63, 3.8) is 0 Å². The number of halogens is 2. The van der Waals surface area contributed by atoms with E-state index in [1.54, 1.807) is 42.5 Å². The van der Waals surface area contributed by atoms with E-state index in [9.17, 15) is 18.4 Å². The summed E-state index contributed by atoms with van der Waals surface area (Å²) in [5.74, 6) is -0.502. The summed E-state index contributed by atoms with van der Waals surface area (Å²) in [7, 11) is 1.46. The van der Waals surface area contributed by atoms with Crippen molar-refractivity contribution in [2.45, 2.75) is 13.2 Å². The van der Waals surface area contributed by atoms with E-state index in [1.165, 1.54) is 13.1 Å². The van der Waals surface area contributed by atoms with Crippen molar-refractivity contribution in [2.75, 3.05) is 7.05 Å². The van der Waals surface area contributed by atoms with Gasteiger partial charge in [-0.2, -0.15) is 13.9 Å². The molecule has 8 heteroatoms. The number of aromatic nitrogens is 2. The molecule has 0 aliphatic heterocycles. The number of alkyl halides is 2. The topological polar surface area (TPSA) is 73.2 Å². The van der Waals surface area contributed by atoms with Crippen molar-refractivity contribution in [3.05, 3.63) is 70.1 Å². The fourth-order valence-corrected chi connectivity index (χ4v) is 2.64. The number of hydrogen-bond donors (Lipinski definition) is 1. The summed E-state index contributed by atoms with van der Waals surface area (Å²) in [6.07, 6.45) is 0. The number of amides is 1. The van der Waals surface area contributed by atoms with Crippen LogP contribution in [0, 0.1) is 0 Å². The van der Waals surface area contributed by atoms with Crippen LogP contribution in [0.1, 0.15) is 16.1 Å². The molecule has 0 spiro atoms. The minimum Gasteiger partial charge on any atom is -0.434 e. The number of para-hydroxylation sites is 1. The number of ether oxygens (including phenoxy) is 1. The van der Waals surface area contributed by atoms with Gasteiger partial charge in [0.2, 0.25) is 0 Å². The summed E-state index contributed by atoms with van der Waals surface area (Å²) < 4.78 is 30.7. The Bertz CT molecular complexity index is 1020. The first kappa shape index (κ1) is 17.5. The average Bonchev–Trinajstić information content (AvgIpc) is 2.64. The molecule has 1 N–H and O–H groups in total. The summed E-state index contributed by atoms with van der Waals surface area (Å²) in [4.78, 5) is 24.9. The zero-order valence-electron chi connectivity index (χ0n) is 13.8. The standard InChI is InChI=1S/C18H15F2N3O3/c1-21-16(24)15-12-7-3-4-8-13(12)17(25)23(22-15)10-11-6-2-5-9-14(11)26-18(19)20/h2-9,18H,10H2,1H3,(H,21,24). The van der Waals surface area contributed by atoms with Crippen LogP contribution in [0.4, 0.5) is 8.78 Å². The van der Waals surface area contributed by atoms with Crippen molar-refractivity contribution < 1.29 is 18.3 Å². The predicted octanol–water partition coefficient (Wildman–Crippen LogP) is 2.41. The summed E-state index contributed by atoms with van der Waals surface area (Å²) in [6, 6.07) is 12.7. The number of carbonyl (C=O) groups excluding carboxylic acids is 1. The number of rotatable bonds is 5. The molecule has 1 heterocycles. The number of nitrogens with zero attached hydrogens (tertiary/aromatic N) is 2. The molecule has 0 radical (unpaired) electrons. The van der Waals surface area contributed by atoms with Crippen LogP contribution in [0.15, 0.2) is 53.3 Å². The Morgan fingerprint density at radius 1 is 1.15 bits per heavy atom. The molecule has 0 saturated heterocycles. The molecular weight excluding hydrogens is 344 g/mol. The molecule has 134 valence electrons. The Kier molecular flexibility index (Phi) is 4.92. The molecule has 3 rings (SSSR count). The van der Waals surface area contributed by atoms with E-state index >= 15 is 0 Å². The van der Waals surface area contributed by atoms with E-state index in [0.717, 1.165) is 4.68 Å². The second-order valence-electron chi connectivity index (χ2n) is 5.42. The fourth-order valence-electron chi connectivity index (χ4n) is 2.64. The van der Waals surface area contributed by atoms with Crippen LogP contribution >= 0.6 is 0 Å². The van der Waals surface area contributed by atoms with Gasteiger partial charge in [-0.05, 0) is 12.1 Å². The molecule has 1 amide bonds. The number of nitrogens with one attached hydrogen (secondary N) is 1. The smallest absolute Gasteiger partial charge is 0.387 e. The maximum atomic E-state index is 12.7. The molecule has 2 aromatic carbocycles. The van der Waals surface area contributed by atoms with Crippen molar-refractivity contribution >= 4 is 16.7 Å². The molecule has 26 heavy (non-hydrogen) atoms. The lowest BCUT2D eigenvalue weighted by atomic mass is 10.1. The van der Waals surface area contributed by atoms with Crippen LogP contribution in [0.2, 0.25) is 0 Å². The van der Waals surface area contributed by atoms with E-state index in [2.05, 4.69) is 15.2 Å². The van der Waals surface area contributed by atoms with Crippen molar-refractivity contribution in [3.8, 4) is 5.75 Å². The quantitative estimate of drug-likeness (QED) is 0.759. The Balaban J connectivity index is 2.14. The predicted molar refractivity (Wildman–Crippen MR) is 91.6 cm³/mol. The zero-order chi connectivity index (χ0) is 18.7. The second kappa shape index (κ2) is 7.30. The molecule has 1 aromatic heterocycles. The Morgan fingerprint density at radius 2 is 1.81 bits per heavy atom. The lowest BCUT2D eigenvalue weighted by Crippen LogP contribution is -2.29. The first-order chi connectivity index (χ1) is 12.5. The molecule has 0 atom stereocenters. The molecular formula is C18H15F2N3O3. The Labute approximate surface area is 147 Å². The molecule has 0 aliphatic carbocycles. The van der Waals surface area contributed by atoms with Crippen molar-refractivity contribution in [1.29, 1.82) is 0 Å². The molecule has 0 aliphatic rings. The Hall–Kier alpha value is -3.29. The third-order valence-corrected chi connectivity index (χ3v) is 3.82. The third-order valence-electron chi connectivity index (χ3n) is 3.82. The van der Waals surface area contributed by atoms with Crippen LogP contribution < -0.4 is 15.6 Å². The van der Waals surface area contributed by atoms with E-state index in [4.69, 9.17) is 0 Å². The van der Waals surface area contributed by atoms with Gasteiger partial charge in [-0.1, -0.05) is 36.4 Å². The van der Waals surface area contributed by atoms with Gasteiger partial charge >= 0.3 is 6.61 Å². The zero-order valence-corrected chi connectivity index (χ0v) is 13.8. The highest BCUT2D eigenvalue weighted by molar-refractivity contribution is 6.04. The van der Waals surface area contributed by atoms with E-state index in [-0.39, 0.29) is 18.0 Å². The molecule has 0 bridgehead atoms. The molecule has 6 nitrogen and oxygen atoms in total. The number of benzene rings is 2. The summed E-state index contributed by atoms with van der Waals surface area (Å²) in [5, 5.41) is 7.35. The fraction of sp³-hybridized carbons (Fsp3) is 0.167. The molecule has 0 fully saturated rings. The van der Waals surface area contributed by atoms with Crippen LogP contribution in [-0.4, -0.2) is 29.3 Å². The van der Waals surface area contributed by atoms with Crippen molar-refractivity contribution in [2.24, 2.45) is 0 Å². The van der Waals surface area contributed by atoms with Gasteiger partial charge in [0.1, 0.15) is 5.75 Å². The minimum absolute atomic E-state index is 0.0501. The summed E-state index contributed by atoms with van der Waals surface area (Å²) in [6.45, 7) is -3.10. The highest BCUT2D eigenvalue weighted by atomic mass is 19.3. The number of hydrogen-bond acceptors (Lipinski definition) is 4. The van der Waals surface area contributed by atoms with Gasteiger partial charge in [-0.25, -0.2) is 4.68 Å². The highest BCUT2D eigenvalue weighted by Crippen LogP contribution is 2.21. The van der Waals surface area contributed by atoms with E-state index in [0.29, 0.717) is 16.3 Å². The largest absolute Gasteiger partial charge is 0.434 e. The average molecular weight is 359 g/mol. The maximum absolute atomic E-state index is 12.7. The van der Waals surface area contributed by atoms with Gasteiger partial charge in [-0.15, -0.1) is 0 Å². The first-order valence-electron chi connectivity index (χ1n) is 7.76. The van der Waals surface area contributed by atoms with Gasteiger partial charge in [0.25, 0.3) is 11.5 Å². The highest BCUT2D eigenvalue weighted by Gasteiger charge is 2.17. The second-order valence-corrected chi connectivity index (χ2v) is 5.42. The van der Waals surface area contributed by atoms with E-state index in [1.807, 2.05) is 0 Å². The van der Waals surface area contributed by atoms with Gasteiger partial charge in [-0.3, -0.25) is 9.59 Å². The minimum atomic E-state index is -2.99. The SMILES string of the molecule is CNC(=O)c1nn(Cc2ccccc2OC(F)F)c(=O)c2ccccc12. The maximum Gasteiger partial charge on any atom is 0.387 e. The summed E-state index contributed by atoms with van der Waals surface area (Å²) >= 11 is 0. The van der Waals surface area contributed by atoms with Crippen molar-refractivity contribution in [1.82, 2.24) is 15.1 Å². The van der Waals surface area contributed by atoms with Crippen LogP contribution in [0.3, 0.4) is 0 Å². The van der Waals surface area contributed by atoms with E-state index < -0.39 is 18.1 Å². The van der Waals surface area contributed by atoms with Crippen LogP contribution in [0.25, 0.3) is 10.8 Å². The number of fused-ring (bicyclic) bond motifs is 1. The van der Waals surface area contributed by atoms with Gasteiger partial charge < -0.3 is 10.1 Å².